The van der Waals surface area contributed by atoms with Gasteiger partial charge in [-0.25, -0.2) is 0 Å². The summed E-state index contributed by atoms with van der Waals surface area (Å²) in [7, 11) is 3.41. The van der Waals surface area contributed by atoms with E-state index >= 15 is 0 Å². The first-order chi connectivity index (χ1) is 10.2. The third-order valence-electron chi connectivity index (χ3n) is 4.63. The highest BCUT2D eigenvalue weighted by atomic mass is 16.5. The van der Waals surface area contributed by atoms with E-state index in [1.54, 1.807) is 14.2 Å². The molecule has 0 radical (unpaired) electrons. The summed E-state index contributed by atoms with van der Waals surface area (Å²) in [5, 5.41) is 6.11. The predicted octanol–water partition coefficient (Wildman–Crippen LogP) is 0.702. The van der Waals surface area contributed by atoms with E-state index in [4.69, 9.17) is 4.74 Å². The molecule has 2 atom stereocenters. The number of nitrogens with one attached hydrogen (secondary N) is 2. The lowest BCUT2D eigenvalue weighted by atomic mass is 10.0. The highest BCUT2D eigenvalue weighted by molar-refractivity contribution is 5.82. The molecule has 1 aromatic carbocycles. The number of aryl methyl sites for hydroxylation is 1. The SMILES string of the molecule is CNC(=O)C1CNCCN1C1CCc2ccc(OC)cc21. The summed E-state index contributed by atoms with van der Waals surface area (Å²) in [4.78, 5) is 14.5. The number of carbonyl (C=O) groups excluding carboxylic acids is 1. The van der Waals surface area contributed by atoms with Gasteiger partial charge in [0.2, 0.25) is 5.91 Å². The van der Waals surface area contributed by atoms with Gasteiger partial charge in [0.25, 0.3) is 0 Å². The maximum atomic E-state index is 12.2. The van der Waals surface area contributed by atoms with Crippen LogP contribution in [0, 0.1) is 0 Å². The summed E-state index contributed by atoms with van der Waals surface area (Å²) in [5.41, 5.74) is 2.71. The fourth-order valence-corrected chi connectivity index (χ4v) is 3.53. The van der Waals surface area contributed by atoms with Crippen LogP contribution in [-0.4, -0.2) is 50.6 Å². The lowest BCUT2D eigenvalue weighted by molar-refractivity contribution is -0.127. The van der Waals surface area contributed by atoms with Gasteiger partial charge in [0, 0.05) is 32.7 Å². The molecule has 0 saturated carbocycles. The van der Waals surface area contributed by atoms with Gasteiger partial charge in [-0.3, -0.25) is 9.69 Å². The Kier molecular flexibility index (Phi) is 4.12. The van der Waals surface area contributed by atoms with Gasteiger partial charge in [-0.2, -0.15) is 0 Å². The number of piperazine rings is 1. The number of benzene rings is 1. The average Bonchev–Trinajstić information content (AvgIpc) is 2.96. The zero-order valence-electron chi connectivity index (χ0n) is 12.7. The van der Waals surface area contributed by atoms with Crippen LogP contribution in [0.15, 0.2) is 18.2 Å². The predicted molar refractivity (Wildman–Crippen MR) is 81.5 cm³/mol. The third kappa shape index (κ3) is 2.63. The van der Waals surface area contributed by atoms with Gasteiger partial charge in [0.15, 0.2) is 0 Å². The van der Waals surface area contributed by atoms with Crippen LogP contribution in [0.5, 0.6) is 5.75 Å². The number of hydrogen-bond acceptors (Lipinski definition) is 4. The number of hydrogen-bond donors (Lipinski definition) is 2. The second kappa shape index (κ2) is 6.03. The number of nitrogens with zero attached hydrogens (tertiary/aromatic N) is 1. The molecule has 0 bridgehead atoms. The van der Waals surface area contributed by atoms with Crippen LogP contribution in [0.3, 0.4) is 0 Å². The van der Waals surface area contributed by atoms with Crippen molar-refractivity contribution in [3.8, 4) is 5.75 Å². The summed E-state index contributed by atoms with van der Waals surface area (Å²) >= 11 is 0. The van der Waals surface area contributed by atoms with E-state index in [1.807, 2.05) is 6.07 Å². The van der Waals surface area contributed by atoms with E-state index < -0.39 is 0 Å². The summed E-state index contributed by atoms with van der Waals surface area (Å²) < 4.78 is 5.36. The van der Waals surface area contributed by atoms with Gasteiger partial charge in [-0.05, 0) is 36.1 Å². The second-order valence-electron chi connectivity index (χ2n) is 5.69. The highest BCUT2D eigenvalue weighted by Crippen LogP contribution is 2.38. The minimum absolute atomic E-state index is 0.0918. The molecule has 1 aliphatic carbocycles. The topological polar surface area (TPSA) is 53.6 Å². The highest BCUT2D eigenvalue weighted by Gasteiger charge is 2.36. The van der Waals surface area contributed by atoms with Crippen molar-refractivity contribution in [3.63, 3.8) is 0 Å². The van der Waals surface area contributed by atoms with Gasteiger partial charge >= 0.3 is 0 Å². The lowest BCUT2D eigenvalue weighted by Crippen LogP contribution is -2.58. The van der Waals surface area contributed by atoms with Crippen LogP contribution < -0.4 is 15.4 Å². The molecule has 21 heavy (non-hydrogen) atoms. The first kappa shape index (κ1) is 14.4. The van der Waals surface area contributed by atoms with Gasteiger partial charge < -0.3 is 15.4 Å². The van der Waals surface area contributed by atoms with E-state index in [1.165, 1.54) is 11.1 Å². The van der Waals surface area contributed by atoms with Crippen LogP contribution in [0.25, 0.3) is 0 Å². The normalized spacial score (nSPS) is 25.4. The Morgan fingerprint density at radius 2 is 2.33 bits per heavy atom. The molecule has 1 heterocycles. The molecule has 5 nitrogen and oxygen atoms in total. The number of ether oxygens (including phenoxy) is 1. The molecule has 1 fully saturated rings. The van der Waals surface area contributed by atoms with E-state index in [2.05, 4.69) is 27.7 Å². The van der Waals surface area contributed by atoms with Crippen LogP contribution >= 0.6 is 0 Å². The molecule has 1 aliphatic heterocycles. The van der Waals surface area contributed by atoms with Crippen molar-refractivity contribution in [1.29, 1.82) is 0 Å². The molecule has 2 N–H and O–H groups in total. The van der Waals surface area contributed by atoms with Crippen molar-refractivity contribution in [2.24, 2.45) is 0 Å². The smallest absolute Gasteiger partial charge is 0.238 e. The maximum absolute atomic E-state index is 12.2. The van der Waals surface area contributed by atoms with Crippen LogP contribution in [0.2, 0.25) is 0 Å². The van der Waals surface area contributed by atoms with Gasteiger partial charge in [0.05, 0.1) is 7.11 Å². The molecule has 0 spiro atoms. The zero-order valence-corrected chi connectivity index (χ0v) is 12.7. The zero-order chi connectivity index (χ0) is 14.8. The Morgan fingerprint density at radius 1 is 1.48 bits per heavy atom. The van der Waals surface area contributed by atoms with E-state index in [9.17, 15) is 4.79 Å². The first-order valence-electron chi connectivity index (χ1n) is 7.59. The quantitative estimate of drug-likeness (QED) is 0.860. The number of rotatable bonds is 3. The van der Waals surface area contributed by atoms with Gasteiger partial charge in [0.1, 0.15) is 11.8 Å². The van der Waals surface area contributed by atoms with Crippen molar-refractivity contribution >= 4 is 5.91 Å². The van der Waals surface area contributed by atoms with Crippen molar-refractivity contribution in [1.82, 2.24) is 15.5 Å². The lowest BCUT2D eigenvalue weighted by Gasteiger charge is -2.39. The van der Waals surface area contributed by atoms with Crippen molar-refractivity contribution in [2.45, 2.75) is 24.9 Å². The number of amides is 1. The van der Waals surface area contributed by atoms with E-state index in [-0.39, 0.29) is 11.9 Å². The molecule has 1 aromatic rings. The fourth-order valence-electron chi connectivity index (χ4n) is 3.53. The number of fused-ring (bicyclic) bond motifs is 1. The Morgan fingerprint density at radius 3 is 3.10 bits per heavy atom. The Labute approximate surface area is 125 Å². The summed E-state index contributed by atoms with van der Waals surface area (Å²) in [6.45, 7) is 2.55. The van der Waals surface area contributed by atoms with E-state index in [0.717, 1.165) is 38.2 Å². The minimum atomic E-state index is -0.0918. The molecular formula is C16H23N3O2. The molecule has 1 saturated heterocycles. The first-order valence-corrected chi connectivity index (χ1v) is 7.59. The van der Waals surface area contributed by atoms with Crippen LogP contribution in [0.4, 0.5) is 0 Å². The van der Waals surface area contributed by atoms with Crippen LogP contribution in [-0.2, 0) is 11.2 Å². The molecule has 2 aliphatic rings. The third-order valence-corrected chi connectivity index (χ3v) is 4.63. The standard InChI is InChI=1S/C16H23N3O2/c1-17-16(20)15-10-18-7-8-19(15)14-6-4-11-3-5-12(21-2)9-13(11)14/h3,5,9,14-15,18H,4,6-8,10H2,1-2H3,(H,17,20). The van der Waals surface area contributed by atoms with Gasteiger partial charge in [-0.1, -0.05) is 6.07 Å². The maximum Gasteiger partial charge on any atom is 0.238 e. The van der Waals surface area contributed by atoms with Gasteiger partial charge in [-0.15, -0.1) is 0 Å². The number of carbonyl (C=O) groups is 1. The minimum Gasteiger partial charge on any atom is -0.497 e. The molecule has 5 heteroatoms. The fraction of sp³-hybridized carbons (Fsp3) is 0.562. The van der Waals surface area contributed by atoms with Crippen molar-refractivity contribution < 1.29 is 9.53 Å². The number of likely N-dealkylation sites (N-methyl/N-ethyl adjacent to an activating group) is 1. The molecule has 2 unspecified atom stereocenters. The Hall–Kier alpha value is -1.59. The molecule has 114 valence electrons. The molecule has 1 amide bonds. The monoisotopic (exact) mass is 289 g/mol. The van der Waals surface area contributed by atoms with Crippen LogP contribution in [0.1, 0.15) is 23.6 Å². The molecule has 3 rings (SSSR count). The Balaban J connectivity index is 1.89. The molecule has 0 aromatic heterocycles. The molecular weight excluding hydrogens is 266 g/mol. The van der Waals surface area contributed by atoms with Crippen molar-refractivity contribution in [3.05, 3.63) is 29.3 Å². The summed E-state index contributed by atoms with van der Waals surface area (Å²) in [6, 6.07) is 6.54. The largest absolute Gasteiger partial charge is 0.497 e. The van der Waals surface area contributed by atoms with Crippen molar-refractivity contribution in [2.75, 3.05) is 33.8 Å². The Bertz CT molecular complexity index is 532. The summed E-state index contributed by atoms with van der Waals surface area (Å²) in [5.74, 6) is 0.992. The number of methoxy groups -OCH3 is 1. The summed E-state index contributed by atoms with van der Waals surface area (Å²) in [6.07, 6.45) is 2.16. The van der Waals surface area contributed by atoms with E-state index in [0.29, 0.717) is 6.04 Å². The second-order valence-corrected chi connectivity index (χ2v) is 5.69. The average molecular weight is 289 g/mol.